The minimum absolute atomic E-state index is 0.215. The van der Waals surface area contributed by atoms with Gasteiger partial charge in [-0.05, 0) is 48.5 Å². The van der Waals surface area contributed by atoms with Gasteiger partial charge in [0, 0.05) is 26.2 Å². The monoisotopic (exact) mass is 330 g/mol. The van der Waals surface area contributed by atoms with Crippen LogP contribution in [0.25, 0.3) is 0 Å². The first-order chi connectivity index (χ1) is 11.8. The molecule has 0 radical (unpaired) electrons. The standard InChI is InChI=1S/C20H31BO3/c1-3-4-16-5-7-18(8-6-16)19-9-11-20(12-10-19)21-23-14-17(13-22-2)15-24-21/h9-12,16-18H,3-8,13-15H2,1-2H3. The van der Waals surface area contributed by atoms with Crippen molar-refractivity contribution < 1.29 is 14.0 Å². The van der Waals surface area contributed by atoms with Crippen molar-refractivity contribution in [2.24, 2.45) is 11.8 Å². The summed E-state index contributed by atoms with van der Waals surface area (Å²) in [6, 6.07) is 8.95. The second-order valence-electron chi connectivity index (χ2n) is 7.49. The van der Waals surface area contributed by atoms with Crippen molar-refractivity contribution in [2.45, 2.75) is 51.4 Å². The van der Waals surface area contributed by atoms with Gasteiger partial charge in [0.05, 0.1) is 6.61 Å². The van der Waals surface area contributed by atoms with Crippen LogP contribution >= 0.6 is 0 Å². The lowest BCUT2D eigenvalue weighted by atomic mass is 9.74. The van der Waals surface area contributed by atoms with Crippen molar-refractivity contribution in [2.75, 3.05) is 26.9 Å². The Labute approximate surface area is 147 Å². The van der Waals surface area contributed by atoms with Crippen molar-refractivity contribution in [3.8, 4) is 0 Å². The molecule has 1 saturated heterocycles. The van der Waals surface area contributed by atoms with Gasteiger partial charge in [0.25, 0.3) is 0 Å². The van der Waals surface area contributed by atoms with Crippen LogP contribution in [0.15, 0.2) is 24.3 Å². The molecule has 2 fully saturated rings. The molecular formula is C20H31BO3. The van der Waals surface area contributed by atoms with E-state index in [0.717, 1.165) is 17.3 Å². The molecule has 0 spiro atoms. The molecular weight excluding hydrogens is 299 g/mol. The van der Waals surface area contributed by atoms with E-state index in [9.17, 15) is 0 Å². The first kappa shape index (κ1) is 18.0. The van der Waals surface area contributed by atoms with E-state index in [1.54, 1.807) is 7.11 Å². The second-order valence-corrected chi connectivity index (χ2v) is 7.49. The molecule has 1 aliphatic carbocycles. The maximum atomic E-state index is 5.85. The molecule has 0 bridgehead atoms. The van der Waals surface area contributed by atoms with Crippen LogP contribution in [-0.4, -0.2) is 34.0 Å². The van der Waals surface area contributed by atoms with E-state index in [1.165, 1.54) is 44.1 Å². The van der Waals surface area contributed by atoms with E-state index in [2.05, 4.69) is 31.2 Å². The first-order valence-corrected chi connectivity index (χ1v) is 9.62. The van der Waals surface area contributed by atoms with Gasteiger partial charge in [0.2, 0.25) is 0 Å². The maximum Gasteiger partial charge on any atom is 0.493 e. The third-order valence-electron chi connectivity index (χ3n) is 5.59. The van der Waals surface area contributed by atoms with E-state index in [0.29, 0.717) is 25.7 Å². The van der Waals surface area contributed by atoms with Crippen LogP contribution in [0.4, 0.5) is 0 Å². The second kappa shape index (κ2) is 9.03. The molecule has 1 aromatic rings. The van der Waals surface area contributed by atoms with E-state index in [4.69, 9.17) is 14.0 Å². The quantitative estimate of drug-likeness (QED) is 0.743. The Morgan fingerprint density at radius 3 is 2.25 bits per heavy atom. The molecule has 4 heteroatoms. The molecule has 3 nitrogen and oxygen atoms in total. The highest BCUT2D eigenvalue weighted by Gasteiger charge is 2.29. The van der Waals surface area contributed by atoms with Crippen molar-refractivity contribution in [3.63, 3.8) is 0 Å². The molecule has 1 aliphatic heterocycles. The number of rotatable bonds is 6. The molecule has 1 heterocycles. The van der Waals surface area contributed by atoms with Gasteiger partial charge in [0.15, 0.2) is 0 Å². The zero-order chi connectivity index (χ0) is 16.8. The zero-order valence-corrected chi connectivity index (χ0v) is 15.2. The molecule has 0 amide bonds. The van der Waals surface area contributed by atoms with Gasteiger partial charge in [0.1, 0.15) is 0 Å². The highest BCUT2D eigenvalue weighted by atomic mass is 16.6. The molecule has 0 unspecified atom stereocenters. The first-order valence-electron chi connectivity index (χ1n) is 9.62. The van der Waals surface area contributed by atoms with Crippen molar-refractivity contribution in [3.05, 3.63) is 29.8 Å². The van der Waals surface area contributed by atoms with Gasteiger partial charge in [-0.1, -0.05) is 44.0 Å². The van der Waals surface area contributed by atoms with Crippen LogP contribution in [0.2, 0.25) is 0 Å². The van der Waals surface area contributed by atoms with Gasteiger partial charge in [-0.25, -0.2) is 0 Å². The maximum absolute atomic E-state index is 5.85. The predicted octanol–water partition coefficient (Wildman–Crippen LogP) is 3.77. The van der Waals surface area contributed by atoms with Gasteiger partial charge < -0.3 is 14.0 Å². The highest BCUT2D eigenvalue weighted by molar-refractivity contribution is 6.61. The fraction of sp³-hybridized carbons (Fsp3) is 0.700. The van der Waals surface area contributed by atoms with E-state index >= 15 is 0 Å². The minimum atomic E-state index is -0.215. The lowest BCUT2D eigenvalue weighted by Crippen LogP contribution is -2.45. The number of hydrogen-bond acceptors (Lipinski definition) is 3. The largest absolute Gasteiger partial charge is 0.493 e. The fourth-order valence-electron chi connectivity index (χ4n) is 4.19. The summed E-state index contributed by atoms with van der Waals surface area (Å²) in [6.07, 6.45) is 8.23. The summed E-state index contributed by atoms with van der Waals surface area (Å²) in [5.41, 5.74) is 2.62. The zero-order valence-electron chi connectivity index (χ0n) is 15.2. The summed E-state index contributed by atoms with van der Waals surface area (Å²) < 4.78 is 16.9. The normalized spacial score (nSPS) is 25.8. The molecule has 24 heavy (non-hydrogen) atoms. The molecule has 132 valence electrons. The summed E-state index contributed by atoms with van der Waals surface area (Å²) in [4.78, 5) is 0. The molecule has 1 aromatic carbocycles. The molecule has 1 saturated carbocycles. The molecule has 2 aliphatic rings. The van der Waals surface area contributed by atoms with Gasteiger partial charge in [-0.2, -0.15) is 0 Å². The van der Waals surface area contributed by atoms with Gasteiger partial charge in [-0.3, -0.25) is 0 Å². The number of hydrogen-bond donors (Lipinski definition) is 0. The van der Waals surface area contributed by atoms with Crippen molar-refractivity contribution in [1.82, 2.24) is 0 Å². The SMILES string of the molecule is CCCC1CCC(c2ccc(B3OCC(COC)CO3)cc2)CC1. The van der Waals surface area contributed by atoms with Crippen molar-refractivity contribution >= 4 is 12.6 Å². The van der Waals surface area contributed by atoms with Crippen LogP contribution in [0.3, 0.4) is 0 Å². The van der Waals surface area contributed by atoms with Crippen LogP contribution in [0.1, 0.15) is 56.9 Å². The molecule has 0 aromatic heterocycles. The average Bonchev–Trinajstić information content (AvgIpc) is 2.64. The predicted molar refractivity (Wildman–Crippen MR) is 98.7 cm³/mol. The van der Waals surface area contributed by atoms with Gasteiger partial charge in [-0.15, -0.1) is 0 Å². The Morgan fingerprint density at radius 1 is 1.00 bits per heavy atom. The van der Waals surface area contributed by atoms with Crippen LogP contribution in [0, 0.1) is 11.8 Å². The number of benzene rings is 1. The third kappa shape index (κ3) is 4.62. The van der Waals surface area contributed by atoms with Crippen LogP contribution in [0.5, 0.6) is 0 Å². The number of ether oxygens (including phenoxy) is 1. The lowest BCUT2D eigenvalue weighted by Gasteiger charge is -2.29. The van der Waals surface area contributed by atoms with E-state index in [1.807, 2.05) is 0 Å². The summed E-state index contributed by atoms with van der Waals surface area (Å²) in [6.45, 7) is 4.42. The Hall–Kier alpha value is -0.835. The molecule has 0 N–H and O–H groups in total. The minimum Gasteiger partial charge on any atom is -0.407 e. The summed E-state index contributed by atoms with van der Waals surface area (Å²) in [5, 5.41) is 0. The fourth-order valence-corrected chi connectivity index (χ4v) is 4.19. The summed E-state index contributed by atoms with van der Waals surface area (Å²) in [5.74, 6) is 2.06. The molecule has 0 atom stereocenters. The topological polar surface area (TPSA) is 27.7 Å². The Bertz CT molecular complexity index is 429. The smallest absolute Gasteiger partial charge is 0.407 e. The molecule has 3 rings (SSSR count). The van der Waals surface area contributed by atoms with Crippen molar-refractivity contribution in [1.29, 1.82) is 0 Å². The summed E-state index contributed by atoms with van der Waals surface area (Å²) in [7, 11) is 1.51. The lowest BCUT2D eigenvalue weighted by molar-refractivity contribution is 0.0364. The van der Waals surface area contributed by atoms with Crippen LogP contribution in [-0.2, 0) is 14.0 Å². The van der Waals surface area contributed by atoms with Gasteiger partial charge >= 0.3 is 7.12 Å². The highest BCUT2D eigenvalue weighted by Crippen LogP contribution is 2.37. The Kier molecular flexibility index (Phi) is 6.76. The van der Waals surface area contributed by atoms with E-state index < -0.39 is 0 Å². The summed E-state index contributed by atoms with van der Waals surface area (Å²) >= 11 is 0. The Morgan fingerprint density at radius 2 is 1.67 bits per heavy atom. The average molecular weight is 330 g/mol. The Balaban J connectivity index is 1.51. The van der Waals surface area contributed by atoms with E-state index in [-0.39, 0.29) is 7.12 Å². The van der Waals surface area contributed by atoms with Crippen LogP contribution < -0.4 is 5.46 Å². The number of methoxy groups -OCH3 is 1. The third-order valence-corrected chi connectivity index (χ3v) is 5.59.